The predicted octanol–water partition coefficient (Wildman–Crippen LogP) is 2.73. The van der Waals surface area contributed by atoms with E-state index in [1.54, 1.807) is 24.3 Å². The van der Waals surface area contributed by atoms with Crippen LogP contribution in [0.3, 0.4) is 0 Å². The van der Waals surface area contributed by atoms with Gasteiger partial charge < -0.3 is 31.1 Å². The molecule has 0 saturated carbocycles. The smallest absolute Gasteiger partial charge is 0.871 e. The minimum Gasteiger partial charge on any atom is -0.871 e. The van der Waals surface area contributed by atoms with Crippen molar-refractivity contribution in [3.63, 3.8) is 0 Å². The largest absolute Gasteiger partial charge is 2.00 e. The Morgan fingerprint density at radius 3 is 1.34 bits per heavy atom. The van der Waals surface area contributed by atoms with E-state index < -0.39 is 0 Å². The van der Waals surface area contributed by atoms with Crippen molar-refractivity contribution in [1.29, 1.82) is 0 Å². The molecule has 2 aromatic rings. The molecule has 0 aliphatic rings. The Kier molecular flexibility index (Phi) is 16.2. The third-order valence-electron chi connectivity index (χ3n) is 3.38. The van der Waals surface area contributed by atoms with Crippen LogP contribution >= 0.6 is 63.7 Å². The quantitative estimate of drug-likeness (QED) is 0.249. The van der Waals surface area contributed by atoms with Crippen LogP contribution in [0.4, 0.5) is 0 Å². The van der Waals surface area contributed by atoms with E-state index in [-0.39, 0.29) is 41.2 Å². The number of nitrogens with one attached hydrogen (secondary N) is 2. The van der Waals surface area contributed by atoms with Crippen LogP contribution in [0.25, 0.3) is 0 Å². The van der Waals surface area contributed by atoms with Crippen molar-refractivity contribution in [3.05, 3.63) is 53.3 Å². The molecule has 0 saturated heterocycles. The zero-order chi connectivity index (χ0) is 21.1. The molecule has 164 valence electrons. The first kappa shape index (κ1) is 29.3. The standard InChI is InChI=1S/2C9H11Br2NO2.Ni/c2*10-7-3-6(5-12-1-2-13)9(14)8(11)4-7;/h2*3-4,12-14H,1-2,5H2;/q;;+2/p-2. The summed E-state index contributed by atoms with van der Waals surface area (Å²) in [6, 6.07) is 6.99. The maximum atomic E-state index is 11.5. The maximum absolute atomic E-state index is 11.5. The van der Waals surface area contributed by atoms with E-state index >= 15 is 0 Å². The number of aliphatic hydroxyl groups is 2. The van der Waals surface area contributed by atoms with Crippen molar-refractivity contribution in [1.82, 2.24) is 10.6 Å². The van der Waals surface area contributed by atoms with Gasteiger partial charge in [0.15, 0.2) is 0 Å². The molecule has 0 bridgehead atoms. The van der Waals surface area contributed by atoms with Crippen molar-refractivity contribution in [2.75, 3.05) is 26.3 Å². The molecule has 29 heavy (non-hydrogen) atoms. The van der Waals surface area contributed by atoms with Crippen LogP contribution in [0.1, 0.15) is 11.1 Å². The third-order valence-corrected chi connectivity index (χ3v) is 5.47. The molecule has 0 aromatic heterocycles. The normalized spacial score (nSPS) is 10.1. The van der Waals surface area contributed by atoms with E-state index in [0.717, 1.165) is 8.95 Å². The van der Waals surface area contributed by atoms with Crippen LogP contribution in [0.2, 0.25) is 0 Å². The first-order chi connectivity index (χ1) is 13.3. The molecule has 0 amide bonds. The SMILES string of the molecule is [Ni+2].[O-]c1c(Br)cc(Br)cc1CNCCO.[O-]c1c(Br)cc(Br)cc1CNCCO. The predicted molar refractivity (Wildman–Crippen MR) is 120 cm³/mol. The number of hydrogen-bond acceptors (Lipinski definition) is 6. The zero-order valence-corrected chi connectivity index (χ0v) is 22.4. The number of benzene rings is 2. The van der Waals surface area contributed by atoms with Crippen LogP contribution in [0.5, 0.6) is 11.5 Å². The van der Waals surface area contributed by atoms with Crippen LogP contribution in [-0.4, -0.2) is 36.5 Å². The summed E-state index contributed by atoms with van der Waals surface area (Å²) in [6.45, 7) is 2.06. The van der Waals surface area contributed by atoms with Gasteiger partial charge in [-0.1, -0.05) is 75.2 Å². The molecule has 2 aromatic carbocycles. The topological polar surface area (TPSA) is 111 Å². The van der Waals surface area contributed by atoms with Gasteiger partial charge in [-0.05, 0) is 35.4 Å². The summed E-state index contributed by atoms with van der Waals surface area (Å²) in [5.41, 5.74) is 1.36. The van der Waals surface area contributed by atoms with Gasteiger partial charge in [0.05, 0.1) is 13.2 Å². The van der Waals surface area contributed by atoms with Crippen LogP contribution in [0.15, 0.2) is 42.2 Å². The number of hydrogen-bond donors (Lipinski definition) is 4. The molecule has 0 atom stereocenters. The van der Waals surface area contributed by atoms with Gasteiger partial charge in [0.1, 0.15) is 0 Å². The summed E-state index contributed by atoms with van der Waals surface area (Å²) in [7, 11) is 0. The Hall–Kier alpha value is 0.294. The molecular weight excluding hydrogens is 687 g/mol. The van der Waals surface area contributed by atoms with E-state index in [0.29, 0.717) is 46.3 Å². The van der Waals surface area contributed by atoms with Gasteiger partial charge in [0.25, 0.3) is 0 Å². The van der Waals surface area contributed by atoms with Crippen molar-refractivity contribution >= 4 is 63.7 Å². The molecular formula is C18H20Br4N2NiO4. The van der Waals surface area contributed by atoms with E-state index in [1.807, 2.05) is 0 Å². The van der Waals surface area contributed by atoms with Crippen molar-refractivity contribution in [2.45, 2.75) is 13.1 Å². The third kappa shape index (κ3) is 10.9. The monoisotopic (exact) mass is 702 g/mol. The Balaban J connectivity index is 0.000000523. The summed E-state index contributed by atoms with van der Waals surface area (Å²) in [5.74, 6) is -0.0303. The van der Waals surface area contributed by atoms with E-state index in [9.17, 15) is 10.2 Å². The second-order valence-electron chi connectivity index (χ2n) is 5.55. The minimum absolute atomic E-state index is 0. The molecule has 0 aliphatic heterocycles. The minimum atomic E-state index is -0.0151. The molecule has 0 heterocycles. The van der Waals surface area contributed by atoms with Crippen molar-refractivity contribution in [2.24, 2.45) is 0 Å². The van der Waals surface area contributed by atoms with Gasteiger partial charge >= 0.3 is 16.5 Å². The van der Waals surface area contributed by atoms with Gasteiger partial charge in [-0.15, -0.1) is 0 Å². The van der Waals surface area contributed by atoms with Gasteiger partial charge in [-0.25, -0.2) is 0 Å². The fourth-order valence-electron chi connectivity index (χ4n) is 2.09. The van der Waals surface area contributed by atoms with E-state index in [4.69, 9.17) is 10.2 Å². The molecule has 0 aliphatic carbocycles. The van der Waals surface area contributed by atoms with Crippen LogP contribution < -0.4 is 20.8 Å². The van der Waals surface area contributed by atoms with Gasteiger partial charge in [0.2, 0.25) is 0 Å². The number of halogens is 4. The molecule has 11 heteroatoms. The van der Waals surface area contributed by atoms with Crippen molar-refractivity contribution < 1.29 is 36.9 Å². The Bertz CT molecular complexity index is 706. The first-order valence-corrected chi connectivity index (χ1v) is 11.4. The number of aliphatic hydroxyl groups excluding tert-OH is 2. The second kappa shape index (κ2) is 16.0. The summed E-state index contributed by atoms with van der Waals surface area (Å²) >= 11 is 13.0. The molecule has 0 spiro atoms. The fraction of sp³-hybridized carbons (Fsp3) is 0.333. The second-order valence-corrected chi connectivity index (χ2v) is 9.09. The summed E-state index contributed by atoms with van der Waals surface area (Å²) < 4.78 is 2.83. The summed E-state index contributed by atoms with van der Waals surface area (Å²) in [4.78, 5) is 0. The zero-order valence-electron chi connectivity index (χ0n) is 15.1. The molecule has 0 radical (unpaired) electrons. The van der Waals surface area contributed by atoms with Crippen LogP contribution in [-0.2, 0) is 29.6 Å². The Labute approximate surface area is 213 Å². The maximum Gasteiger partial charge on any atom is 2.00 e. The summed E-state index contributed by atoms with van der Waals surface area (Å²) in [6.07, 6.45) is 0. The van der Waals surface area contributed by atoms with Crippen molar-refractivity contribution in [3.8, 4) is 11.5 Å². The van der Waals surface area contributed by atoms with E-state index in [2.05, 4.69) is 74.4 Å². The average molecular weight is 707 g/mol. The summed E-state index contributed by atoms with van der Waals surface area (Å²) in [5, 5.41) is 46.1. The average Bonchev–Trinajstić information content (AvgIpc) is 2.64. The molecule has 2 rings (SSSR count). The molecule has 4 N–H and O–H groups in total. The molecule has 0 unspecified atom stereocenters. The van der Waals surface area contributed by atoms with Gasteiger partial charge in [-0.2, -0.15) is 0 Å². The van der Waals surface area contributed by atoms with E-state index in [1.165, 1.54) is 0 Å². The Morgan fingerprint density at radius 2 is 1.03 bits per heavy atom. The van der Waals surface area contributed by atoms with Crippen LogP contribution in [0, 0.1) is 0 Å². The Morgan fingerprint density at radius 1 is 0.690 bits per heavy atom. The first-order valence-electron chi connectivity index (χ1n) is 8.23. The van der Waals surface area contributed by atoms with Gasteiger partial charge in [-0.3, -0.25) is 0 Å². The molecule has 0 fully saturated rings. The molecule has 6 nitrogen and oxygen atoms in total. The van der Waals surface area contributed by atoms with Gasteiger partial charge in [0, 0.05) is 44.1 Å². The fourth-order valence-corrected chi connectivity index (χ4v) is 4.72. The number of rotatable bonds is 8.